The quantitative estimate of drug-likeness (QED) is 0.863. The summed E-state index contributed by atoms with van der Waals surface area (Å²) in [6.07, 6.45) is -0.0723. The first-order chi connectivity index (χ1) is 9.44. The van der Waals surface area contributed by atoms with Crippen LogP contribution in [-0.4, -0.2) is 40.2 Å². The first-order valence-electron chi connectivity index (χ1n) is 6.67. The van der Waals surface area contributed by atoms with Gasteiger partial charge < -0.3 is 0 Å². The van der Waals surface area contributed by atoms with Crippen molar-refractivity contribution in [3.63, 3.8) is 0 Å². The molecule has 0 N–H and O–H groups in total. The van der Waals surface area contributed by atoms with Crippen LogP contribution in [0, 0.1) is 12.7 Å². The van der Waals surface area contributed by atoms with Gasteiger partial charge in [-0.1, -0.05) is 0 Å². The van der Waals surface area contributed by atoms with E-state index in [9.17, 15) is 13.2 Å². The Morgan fingerprint density at radius 1 is 1.30 bits per heavy atom. The van der Waals surface area contributed by atoms with Gasteiger partial charge in [0.2, 0.25) is 0 Å². The van der Waals surface area contributed by atoms with Gasteiger partial charge in [-0.2, -0.15) is 5.10 Å². The summed E-state index contributed by atoms with van der Waals surface area (Å²) in [4.78, 5) is 1.74. The molecule has 0 bridgehead atoms. The molecule has 0 aliphatic carbocycles. The number of alkyl halides is 2. The van der Waals surface area contributed by atoms with Crippen LogP contribution in [0.3, 0.4) is 0 Å². The molecule has 1 aromatic carbocycles. The molecule has 0 atom stereocenters. The lowest BCUT2D eigenvalue weighted by Crippen LogP contribution is -2.28. The summed E-state index contributed by atoms with van der Waals surface area (Å²) in [7, 11) is 0. The molecule has 0 saturated carbocycles. The zero-order chi connectivity index (χ0) is 14.3. The number of fused-ring (bicyclic) bond motifs is 1. The molecular formula is C14H16F3N3. The van der Waals surface area contributed by atoms with Gasteiger partial charge in [-0.15, -0.1) is 0 Å². The van der Waals surface area contributed by atoms with Crippen molar-refractivity contribution in [1.82, 2.24) is 14.7 Å². The van der Waals surface area contributed by atoms with E-state index < -0.39 is 5.92 Å². The molecule has 2 aromatic rings. The number of aromatic nitrogens is 2. The van der Waals surface area contributed by atoms with Gasteiger partial charge in [0.05, 0.1) is 24.3 Å². The summed E-state index contributed by atoms with van der Waals surface area (Å²) in [5.74, 6) is -2.86. The molecular weight excluding hydrogens is 267 g/mol. The zero-order valence-electron chi connectivity index (χ0n) is 11.2. The van der Waals surface area contributed by atoms with E-state index in [0.717, 1.165) is 16.6 Å². The van der Waals surface area contributed by atoms with E-state index in [2.05, 4.69) is 5.10 Å². The number of hydrogen-bond donors (Lipinski definition) is 0. The molecule has 3 rings (SSSR count). The molecule has 20 heavy (non-hydrogen) atoms. The van der Waals surface area contributed by atoms with E-state index >= 15 is 0 Å². The first-order valence-corrected chi connectivity index (χ1v) is 6.67. The van der Waals surface area contributed by atoms with Crippen molar-refractivity contribution in [3.8, 4) is 0 Å². The number of rotatable bonds is 3. The minimum Gasteiger partial charge on any atom is -0.295 e. The van der Waals surface area contributed by atoms with Crippen molar-refractivity contribution in [1.29, 1.82) is 0 Å². The Bertz CT molecular complexity index is 636. The lowest BCUT2D eigenvalue weighted by atomic mass is 10.2. The van der Waals surface area contributed by atoms with E-state index in [-0.39, 0.29) is 18.8 Å². The van der Waals surface area contributed by atoms with Crippen molar-refractivity contribution in [3.05, 3.63) is 29.7 Å². The summed E-state index contributed by atoms with van der Waals surface area (Å²) in [5, 5.41) is 5.14. The Hall–Kier alpha value is -1.56. The SMILES string of the molecule is Cc1nn(CCN2CCC(F)(F)C2)c2ccc(F)cc12. The van der Waals surface area contributed by atoms with Crippen LogP contribution in [0.5, 0.6) is 0 Å². The molecule has 1 aliphatic heterocycles. The van der Waals surface area contributed by atoms with E-state index in [1.807, 2.05) is 6.92 Å². The molecule has 1 saturated heterocycles. The van der Waals surface area contributed by atoms with E-state index in [1.54, 1.807) is 15.6 Å². The Labute approximate surface area is 115 Å². The van der Waals surface area contributed by atoms with Crippen LogP contribution in [0.4, 0.5) is 13.2 Å². The maximum atomic E-state index is 13.2. The number of aryl methyl sites for hydroxylation is 1. The van der Waals surface area contributed by atoms with Crippen LogP contribution < -0.4 is 0 Å². The van der Waals surface area contributed by atoms with Gasteiger partial charge >= 0.3 is 0 Å². The maximum Gasteiger partial charge on any atom is 0.261 e. The normalized spacial score (nSPS) is 19.0. The van der Waals surface area contributed by atoms with Gasteiger partial charge in [-0.05, 0) is 25.1 Å². The minimum absolute atomic E-state index is 0.0723. The Morgan fingerprint density at radius 3 is 2.80 bits per heavy atom. The maximum absolute atomic E-state index is 13.2. The van der Waals surface area contributed by atoms with Gasteiger partial charge in [0, 0.05) is 24.9 Å². The van der Waals surface area contributed by atoms with Gasteiger partial charge in [-0.3, -0.25) is 9.58 Å². The average molecular weight is 283 g/mol. The molecule has 0 amide bonds. The number of likely N-dealkylation sites (tertiary alicyclic amines) is 1. The van der Waals surface area contributed by atoms with Crippen LogP contribution in [0.25, 0.3) is 10.9 Å². The van der Waals surface area contributed by atoms with E-state index in [1.165, 1.54) is 12.1 Å². The van der Waals surface area contributed by atoms with Crippen molar-refractivity contribution in [2.24, 2.45) is 0 Å². The van der Waals surface area contributed by atoms with E-state index in [0.29, 0.717) is 19.6 Å². The van der Waals surface area contributed by atoms with Crippen molar-refractivity contribution in [2.45, 2.75) is 25.8 Å². The zero-order valence-corrected chi connectivity index (χ0v) is 11.2. The third kappa shape index (κ3) is 2.52. The Balaban J connectivity index is 1.75. The summed E-state index contributed by atoms with van der Waals surface area (Å²) in [6, 6.07) is 4.53. The monoisotopic (exact) mass is 283 g/mol. The molecule has 1 aliphatic rings. The van der Waals surface area contributed by atoms with E-state index in [4.69, 9.17) is 0 Å². The average Bonchev–Trinajstić information content (AvgIpc) is 2.88. The highest BCUT2D eigenvalue weighted by Gasteiger charge is 2.37. The largest absolute Gasteiger partial charge is 0.295 e. The lowest BCUT2D eigenvalue weighted by molar-refractivity contribution is 0.0119. The Kier molecular flexibility index (Phi) is 3.20. The lowest BCUT2D eigenvalue weighted by Gasteiger charge is -2.15. The van der Waals surface area contributed by atoms with Crippen LogP contribution in [0.1, 0.15) is 12.1 Å². The van der Waals surface area contributed by atoms with Crippen LogP contribution in [-0.2, 0) is 6.54 Å². The van der Waals surface area contributed by atoms with Gasteiger partial charge in [-0.25, -0.2) is 13.2 Å². The smallest absolute Gasteiger partial charge is 0.261 e. The molecule has 108 valence electrons. The van der Waals surface area contributed by atoms with Crippen LogP contribution in [0.2, 0.25) is 0 Å². The summed E-state index contributed by atoms with van der Waals surface area (Å²) < 4.78 is 41.2. The second-order valence-electron chi connectivity index (χ2n) is 5.35. The second-order valence-corrected chi connectivity index (χ2v) is 5.35. The van der Waals surface area contributed by atoms with Crippen molar-refractivity contribution in [2.75, 3.05) is 19.6 Å². The standard InChI is InChI=1S/C14H16F3N3/c1-10-12-8-11(15)2-3-13(12)20(18-10)7-6-19-5-4-14(16,17)9-19/h2-3,8H,4-7,9H2,1H3. The van der Waals surface area contributed by atoms with Crippen LogP contribution in [0.15, 0.2) is 18.2 Å². The minimum atomic E-state index is -2.56. The predicted molar refractivity (Wildman–Crippen MR) is 70.4 cm³/mol. The highest BCUT2D eigenvalue weighted by molar-refractivity contribution is 5.81. The topological polar surface area (TPSA) is 21.1 Å². The molecule has 1 fully saturated rings. The fourth-order valence-electron chi connectivity index (χ4n) is 2.72. The second kappa shape index (κ2) is 4.77. The summed E-state index contributed by atoms with van der Waals surface area (Å²) >= 11 is 0. The van der Waals surface area contributed by atoms with Gasteiger partial charge in [0.15, 0.2) is 0 Å². The third-order valence-electron chi connectivity index (χ3n) is 3.77. The highest BCUT2D eigenvalue weighted by Crippen LogP contribution is 2.26. The molecule has 0 radical (unpaired) electrons. The van der Waals surface area contributed by atoms with Gasteiger partial charge in [0.1, 0.15) is 5.82 Å². The first kappa shape index (κ1) is 13.4. The van der Waals surface area contributed by atoms with Gasteiger partial charge in [0.25, 0.3) is 5.92 Å². The molecule has 0 spiro atoms. The number of benzene rings is 1. The highest BCUT2D eigenvalue weighted by atomic mass is 19.3. The van der Waals surface area contributed by atoms with Crippen LogP contribution >= 0.6 is 0 Å². The molecule has 3 nitrogen and oxygen atoms in total. The Morgan fingerprint density at radius 2 is 2.10 bits per heavy atom. The molecule has 2 heterocycles. The number of nitrogens with zero attached hydrogens (tertiary/aromatic N) is 3. The third-order valence-corrected chi connectivity index (χ3v) is 3.77. The summed E-state index contributed by atoms with van der Waals surface area (Å²) in [6.45, 7) is 3.12. The molecule has 6 heteroatoms. The predicted octanol–water partition coefficient (Wildman–Crippen LogP) is 2.82. The number of halogens is 3. The molecule has 1 aromatic heterocycles. The fraction of sp³-hybridized carbons (Fsp3) is 0.500. The molecule has 0 unspecified atom stereocenters. The van der Waals surface area contributed by atoms with Crippen molar-refractivity contribution >= 4 is 10.9 Å². The number of hydrogen-bond acceptors (Lipinski definition) is 2. The van der Waals surface area contributed by atoms with Crippen molar-refractivity contribution < 1.29 is 13.2 Å². The summed E-state index contributed by atoms with van der Waals surface area (Å²) in [5.41, 5.74) is 1.60. The fourth-order valence-corrected chi connectivity index (χ4v) is 2.72.